The van der Waals surface area contributed by atoms with E-state index in [-0.39, 0.29) is 11.2 Å². The molecule has 0 radical (unpaired) electrons. The molecule has 6 heteroatoms. The van der Waals surface area contributed by atoms with Crippen LogP contribution in [0.3, 0.4) is 0 Å². The fraction of sp³-hybridized carbons (Fsp3) is 0.571. The van der Waals surface area contributed by atoms with E-state index in [2.05, 4.69) is 10.1 Å². The third-order valence-corrected chi connectivity index (χ3v) is 2.34. The van der Waals surface area contributed by atoms with Gasteiger partial charge in [-0.05, 0) is 12.8 Å². The van der Waals surface area contributed by atoms with Crippen LogP contribution in [0.4, 0.5) is 0 Å². The van der Waals surface area contributed by atoms with Crippen molar-refractivity contribution in [1.29, 1.82) is 0 Å². The molecule has 1 aliphatic carbocycles. The Morgan fingerprint density at radius 2 is 2.31 bits per heavy atom. The topological polar surface area (TPSA) is 108 Å². The summed E-state index contributed by atoms with van der Waals surface area (Å²) in [4.78, 5) is 14.5. The third-order valence-electron chi connectivity index (χ3n) is 2.34. The van der Waals surface area contributed by atoms with Gasteiger partial charge in [-0.15, -0.1) is 0 Å². The molecular formula is C7H10N4O2. The molecule has 13 heavy (non-hydrogen) atoms. The van der Waals surface area contributed by atoms with Crippen molar-refractivity contribution in [1.82, 2.24) is 10.1 Å². The summed E-state index contributed by atoms with van der Waals surface area (Å²) >= 11 is 0. The van der Waals surface area contributed by atoms with E-state index in [0.717, 1.165) is 12.8 Å². The van der Waals surface area contributed by atoms with Gasteiger partial charge in [0.05, 0.1) is 5.41 Å². The highest BCUT2D eigenvalue weighted by atomic mass is 16.5. The summed E-state index contributed by atoms with van der Waals surface area (Å²) in [5.41, 5.74) is 10.3. The number of nitrogens with zero attached hydrogens (tertiary/aromatic N) is 2. The number of primary amides is 1. The summed E-state index contributed by atoms with van der Waals surface area (Å²) in [5.74, 6) is -0.318. The molecule has 1 heterocycles. The number of carbonyl (C=O) groups excluding carboxylic acids is 1. The highest BCUT2D eigenvalue weighted by molar-refractivity contribution is 5.88. The van der Waals surface area contributed by atoms with Gasteiger partial charge in [0, 0.05) is 6.54 Å². The first-order valence-corrected chi connectivity index (χ1v) is 4.02. The zero-order valence-electron chi connectivity index (χ0n) is 6.99. The van der Waals surface area contributed by atoms with E-state index in [1.807, 2.05) is 0 Å². The van der Waals surface area contributed by atoms with Crippen molar-refractivity contribution in [3.05, 3.63) is 11.7 Å². The smallest absolute Gasteiger partial charge is 0.290 e. The molecule has 6 nitrogen and oxygen atoms in total. The molecule has 4 N–H and O–H groups in total. The Hall–Kier alpha value is -1.43. The van der Waals surface area contributed by atoms with Gasteiger partial charge in [-0.2, -0.15) is 4.98 Å². The van der Waals surface area contributed by atoms with E-state index < -0.39 is 5.91 Å². The Labute approximate surface area is 74.3 Å². The van der Waals surface area contributed by atoms with Crippen molar-refractivity contribution >= 4 is 5.91 Å². The van der Waals surface area contributed by atoms with Crippen LogP contribution in [0.15, 0.2) is 4.52 Å². The van der Waals surface area contributed by atoms with Crippen LogP contribution in [0.1, 0.15) is 29.4 Å². The summed E-state index contributed by atoms with van der Waals surface area (Å²) < 4.78 is 4.90. The van der Waals surface area contributed by atoms with E-state index in [1.54, 1.807) is 0 Å². The van der Waals surface area contributed by atoms with Crippen molar-refractivity contribution in [2.75, 3.05) is 6.54 Å². The maximum absolute atomic E-state index is 10.7. The van der Waals surface area contributed by atoms with E-state index in [1.165, 1.54) is 0 Å². The van der Waals surface area contributed by atoms with Gasteiger partial charge < -0.3 is 16.0 Å². The summed E-state index contributed by atoms with van der Waals surface area (Å²) in [5, 5.41) is 3.45. The van der Waals surface area contributed by atoms with E-state index in [9.17, 15) is 4.79 Å². The van der Waals surface area contributed by atoms with Crippen molar-refractivity contribution in [3.63, 3.8) is 0 Å². The number of amides is 1. The van der Waals surface area contributed by atoms with E-state index in [4.69, 9.17) is 16.0 Å². The molecule has 0 aliphatic heterocycles. The third kappa shape index (κ3) is 1.19. The van der Waals surface area contributed by atoms with Crippen LogP contribution in [-0.2, 0) is 5.41 Å². The molecule has 1 aliphatic rings. The monoisotopic (exact) mass is 182 g/mol. The van der Waals surface area contributed by atoms with Gasteiger partial charge in [-0.3, -0.25) is 4.79 Å². The minimum atomic E-state index is -0.678. The van der Waals surface area contributed by atoms with Crippen LogP contribution in [0, 0.1) is 0 Å². The summed E-state index contributed by atoms with van der Waals surface area (Å²) in [6, 6.07) is 0. The Balaban J connectivity index is 2.28. The SMILES string of the molecule is NCC1(c2nc(C(N)=O)no2)CC1. The van der Waals surface area contributed by atoms with Gasteiger partial charge in [0.1, 0.15) is 0 Å². The maximum atomic E-state index is 10.7. The first-order valence-electron chi connectivity index (χ1n) is 4.02. The van der Waals surface area contributed by atoms with Gasteiger partial charge in [0.15, 0.2) is 0 Å². The molecule has 0 unspecified atom stereocenters. The Kier molecular flexibility index (Phi) is 1.59. The van der Waals surface area contributed by atoms with Crippen LogP contribution in [-0.4, -0.2) is 22.6 Å². The molecule has 1 aromatic rings. The molecule has 0 bridgehead atoms. The minimum absolute atomic E-state index is 0.0743. The number of aromatic nitrogens is 2. The first kappa shape index (κ1) is 8.18. The van der Waals surface area contributed by atoms with E-state index in [0.29, 0.717) is 12.4 Å². The Bertz CT molecular complexity index is 342. The predicted octanol–water partition coefficient (Wildman–Crippen LogP) is -0.841. The Morgan fingerprint density at radius 1 is 1.62 bits per heavy atom. The first-order chi connectivity index (χ1) is 6.18. The second-order valence-electron chi connectivity index (χ2n) is 3.27. The summed E-state index contributed by atoms with van der Waals surface area (Å²) in [7, 11) is 0. The van der Waals surface area contributed by atoms with Crippen LogP contribution in [0.25, 0.3) is 0 Å². The predicted molar refractivity (Wildman–Crippen MR) is 42.8 cm³/mol. The second kappa shape index (κ2) is 2.53. The second-order valence-corrected chi connectivity index (χ2v) is 3.27. The van der Waals surface area contributed by atoms with Crippen molar-refractivity contribution < 1.29 is 9.32 Å². The highest BCUT2D eigenvalue weighted by Gasteiger charge is 2.48. The van der Waals surface area contributed by atoms with Gasteiger partial charge in [-0.25, -0.2) is 0 Å². The van der Waals surface area contributed by atoms with Gasteiger partial charge >= 0.3 is 0 Å². The molecule has 1 saturated carbocycles. The van der Waals surface area contributed by atoms with Gasteiger partial charge in [-0.1, -0.05) is 5.16 Å². The van der Waals surface area contributed by atoms with Crippen LogP contribution >= 0.6 is 0 Å². The molecule has 0 aromatic carbocycles. The average molecular weight is 182 g/mol. The lowest BCUT2D eigenvalue weighted by molar-refractivity contribution is 0.0987. The van der Waals surface area contributed by atoms with Crippen molar-refractivity contribution in [2.24, 2.45) is 11.5 Å². The van der Waals surface area contributed by atoms with Gasteiger partial charge in [0.25, 0.3) is 11.7 Å². The molecule has 1 amide bonds. The summed E-state index contributed by atoms with van der Waals surface area (Å²) in [6.07, 6.45) is 1.87. The molecule has 0 saturated heterocycles. The molecule has 1 fully saturated rings. The normalized spacial score (nSPS) is 18.5. The zero-order valence-corrected chi connectivity index (χ0v) is 6.99. The zero-order chi connectivity index (χ0) is 9.47. The highest BCUT2D eigenvalue weighted by Crippen LogP contribution is 2.46. The number of rotatable bonds is 3. The Morgan fingerprint density at radius 3 is 2.69 bits per heavy atom. The number of hydrogen-bond donors (Lipinski definition) is 2. The molecule has 70 valence electrons. The average Bonchev–Trinajstić information content (AvgIpc) is 2.75. The number of nitrogens with two attached hydrogens (primary N) is 2. The molecule has 1 aromatic heterocycles. The van der Waals surface area contributed by atoms with Crippen molar-refractivity contribution in [2.45, 2.75) is 18.3 Å². The van der Waals surface area contributed by atoms with E-state index >= 15 is 0 Å². The van der Waals surface area contributed by atoms with Crippen LogP contribution in [0.5, 0.6) is 0 Å². The molecular weight excluding hydrogens is 172 g/mol. The quantitative estimate of drug-likeness (QED) is 0.633. The van der Waals surface area contributed by atoms with Crippen LogP contribution < -0.4 is 11.5 Å². The standard InChI is InChI=1S/C7H10N4O2/c8-3-7(1-2-7)6-10-5(4(9)12)11-13-6/h1-3,8H2,(H2,9,12). The molecule has 0 atom stereocenters. The van der Waals surface area contributed by atoms with Crippen molar-refractivity contribution in [3.8, 4) is 0 Å². The largest absolute Gasteiger partial charge is 0.363 e. The lowest BCUT2D eigenvalue weighted by atomic mass is 10.1. The fourth-order valence-electron chi connectivity index (χ4n) is 1.20. The summed E-state index contributed by atoms with van der Waals surface area (Å²) in [6.45, 7) is 0.466. The molecule has 2 rings (SSSR count). The molecule has 0 spiro atoms. The fourth-order valence-corrected chi connectivity index (χ4v) is 1.20. The van der Waals surface area contributed by atoms with Crippen LogP contribution in [0.2, 0.25) is 0 Å². The lowest BCUT2D eigenvalue weighted by Crippen LogP contribution is -2.20. The maximum Gasteiger partial charge on any atom is 0.290 e. The lowest BCUT2D eigenvalue weighted by Gasteiger charge is -2.03. The number of carbonyl (C=O) groups is 1. The number of hydrogen-bond acceptors (Lipinski definition) is 5. The van der Waals surface area contributed by atoms with Gasteiger partial charge in [0.2, 0.25) is 5.89 Å². The minimum Gasteiger partial charge on any atom is -0.363 e.